The van der Waals surface area contributed by atoms with Crippen LogP contribution in [0.1, 0.15) is 89.5 Å². The number of ether oxygens (including phenoxy) is 1. The van der Waals surface area contributed by atoms with Crippen molar-refractivity contribution in [3.05, 3.63) is 34.9 Å². The zero-order valence-corrected chi connectivity index (χ0v) is 20.8. The van der Waals surface area contributed by atoms with Crippen LogP contribution in [0.15, 0.2) is 18.2 Å². The van der Waals surface area contributed by atoms with Gasteiger partial charge in [0.05, 0.1) is 11.6 Å². The molecule has 0 bridgehead atoms. The summed E-state index contributed by atoms with van der Waals surface area (Å²) < 4.78 is 44.8. The normalized spacial score (nSPS) is 25.3. The van der Waals surface area contributed by atoms with E-state index in [2.05, 4.69) is 5.32 Å². The van der Waals surface area contributed by atoms with E-state index in [1.165, 1.54) is 6.07 Å². The molecule has 1 N–H and O–H groups in total. The molecular weight excluding hydrogens is 429 g/mol. The molecule has 3 atom stereocenters. The lowest BCUT2D eigenvalue weighted by molar-refractivity contribution is -0.138. The van der Waals surface area contributed by atoms with Crippen LogP contribution in [-0.2, 0) is 22.1 Å². The first-order chi connectivity index (χ1) is 15.8. The summed E-state index contributed by atoms with van der Waals surface area (Å²) in [6.07, 6.45) is 0.904. The first kappa shape index (κ1) is 27.6. The second-order valence-electron chi connectivity index (χ2n) is 8.63. The highest BCUT2D eigenvalue weighted by Gasteiger charge is 2.38. The fourth-order valence-electron chi connectivity index (χ4n) is 5.08. The van der Waals surface area contributed by atoms with Gasteiger partial charge < -0.3 is 15.0 Å². The highest BCUT2D eigenvalue weighted by molar-refractivity contribution is 5.80. The van der Waals surface area contributed by atoms with E-state index in [-0.39, 0.29) is 17.9 Å². The average Bonchev–Trinajstić information content (AvgIpc) is 3.30. The summed E-state index contributed by atoms with van der Waals surface area (Å²) in [5, 5.41) is 3.68. The van der Waals surface area contributed by atoms with Crippen LogP contribution in [-0.4, -0.2) is 42.6 Å². The van der Waals surface area contributed by atoms with Gasteiger partial charge in [-0.3, -0.25) is 4.79 Å². The molecule has 3 unspecified atom stereocenters. The molecule has 4 nitrogen and oxygen atoms in total. The van der Waals surface area contributed by atoms with Crippen molar-refractivity contribution in [1.29, 1.82) is 0 Å². The van der Waals surface area contributed by atoms with Crippen LogP contribution in [0.5, 0.6) is 0 Å². The fraction of sp³-hybridized carbons (Fsp3) is 0.731. The minimum atomic E-state index is -4.37. The van der Waals surface area contributed by atoms with Gasteiger partial charge in [0.2, 0.25) is 5.91 Å². The molecule has 0 radical (unpaired) electrons. The molecule has 4 rings (SSSR count). The van der Waals surface area contributed by atoms with Crippen LogP contribution in [0.4, 0.5) is 13.2 Å². The molecule has 0 spiro atoms. The van der Waals surface area contributed by atoms with Crippen LogP contribution in [0, 0.1) is 5.92 Å². The Morgan fingerprint density at radius 1 is 1.03 bits per heavy atom. The summed E-state index contributed by atoms with van der Waals surface area (Å²) in [6.45, 7) is 12.0. The van der Waals surface area contributed by atoms with Gasteiger partial charge in [0.25, 0.3) is 0 Å². The van der Waals surface area contributed by atoms with Gasteiger partial charge in [-0.15, -0.1) is 0 Å². The molecule has 7 heteroatoms. The molecule has 2 fully saturated rings. The number of alkyl halides is 3. The molecule has 2 heterocycles. The number of rotatable bonds is 3. The quantitative estimate of drug-likeness (QED) is 0.577. The van der Waals surface area contributed by atoms with E-state index in [4.69, 9.17) is 4.74 Å². The maximum atomic E-state index is 13.2. The van der Waals surface area contributed by atoms with E-state index in [1.54, 1.807) is 11.0 Å². The summed E-state index contributed by atoms with van der Waals surface area (Å²) >= 11 is 0. The number of benzene rings is 1. The third-order valence-electron chi connectivity index (χ3n) is 6.77. The molecule has 1 amide bonds. The molecule has 1 saturated carbocycles. The highest BCUT2D eigenvalue weighted by Crippen LogP contribution is 2.38. The monoisotopic (exact) mass is 470 g/mol. The van der Waals surface area contributed by atoms with Gasteiger partial charge in [-0.05, 0) is 68.7 Å². The second-order valence-corrected chi connectivity index (χ2v) is 8.63. The van der Waals surface area contributed by atoms with Crippen LogP contribution in [0.25, 0.3) is 0 Å². The van der Waals surface area contributed by atoms with E-state index in [0.717, 1.165) is 56.9 Å². The Labute approximate surface area is 197 Å². The van der Waals surface area contributed by atoms with Crippen molar-refractivity contribution < 1.29 is 22.7 Å². The Bertz CT molecular complexity index is 748. The number of nitrogens with one attached hydrogen (secondary N) is 1. The van der Waals surface area contributed by atoms with Gasteiger partial charge in [-0.1, -0.05) is 33.8 Å². The summed E-state index contributed by atoms with van der Waals surface area (Å²) in [6, 6.07) is 4.42. The number of hydrogen-bond acceptors (Lipinski definition) is 3. The number of nitrogens with zero attached hydrogens (tertiary/aromatic N) is 1. The lowest BCUT2D eigenvalue weighted by Gasteiger charge is -2.37. The number of carbonyl (C=O) groups is 1. The van der Waals surface area contributed by atoms with Crippen molar-refractivity contribution in [1.82, 2.24) is 10.2 Å². The fourth-order valence-corrected chi connectivity index (χ4v) is 5.08. The lowest BCUT2D eigenvalue weighted by atomic mass is 9.90. The Morgan fingerprint density at radius 3 is 2.33 bits per heavy atom. The van der Waals surface area contributed by atoms with Crippen molar-refractivity contribution in [2.24, 2.45) is 5.92 Å². The van der Waals surface area contributed by atoms with Crippen LogP contribution >= 0.6 is 0 Å². The topological polar surface area (TPSA) is 41.6 Å². The standard InChI is InChI=1S/C22H29F3N2O2.2C2H6/c1-14-20-13-17(22(23,24)25)4-2-15(20)6-9-27(14)21(28)16-3-5-19(12-16)26-18-7-10-29-11-8-18;2*1-2/h2,4,13-14,16,18-19,26H,3,5-12H2,1H3;2*1-2H3. The summed E-state index contributed by atoms with van der Waals surface area (Å²) in [5.74, 6) is 0.0546. The van der Waals surface area contributed by atoms with Crippen molar-refractivity contribution in [2.75, 3.05) is 19.8 Å². The van der Waals surface area contributed by atoms with Crippen molar-refractivity contribution in [3.8, 4) is 0 Å². The number of carbonyl (C=O) groups excluding carboxylic acids is 1. The van der Waals surface area contributed by atoms with E-state index >= 15 is 0 Å². The SMILES string of the molecule is CC.CC.CC1c2cc(C(F)(F)F)ccc2CCN1C(=O)C1CCC(NC2CCOCC2)C1. The first-order valence-electron chi connectivity index (χ1n) is 12.7. The number of fused-ring (bicyclic) bond motifs is 1. The highest BCUT2D eigenvalue weighted by atomic mass is 19.4. The minimum absolute atomic E-state index is 0.0397. The Kier molecular flexibility index (Phi) is 10.7. The largest absolute Gasteiger partial charge is 0.416 e. The molecule has 1 aliphatic carbocycles. The third-order valence-corrected chi connectivity index (χ3v) is 6.77. The molecule has 188 valence electrons. The van der Waals surface area contributed by atoms with Gasteiger partial charge in [0.15, 0.2) is 0 Å². The number of amides is 1. The number of halogens is 3. The Hall–Kier alpha value is -1.60. The molecule has 1 saturated heterocycles. The van der Waals surface area contributed by atoms with Crippen LogP contribution in [0.2, 0.25) is 0 Å². The smallest absolute Gasteiger partial charge is 0.381 e. The molecule has 33 heavy (non-hydrogen) atoms. The van der Waals surface area contributed by atoms with Gasteiger partial charge in [0, 0.05) is 37.8 Å². The zero-order valence-electron chi connectivity index (χ0n) is 20.8. The van der Waals surface area contributed by atoms with E-state index < -0.39 is 11.7 Å². The summed E-state index contributed by atoms with van der Waals surface area (Å²) in [7, 11) is 0. The molecule has 0 aromatic heterocycles. The van der Waals surface area contributed by atoms with Gasteiger partial charge in [-0.25, -0.2) is 0 Å². The third kappa shape index (κ3) is 6.95. The second kappa shape index (κ2) is 12.7. The van der Waals surface area contributed by atoms with Gasteiger partial charge in [0.1, 0.15) is 0 Å². The predicted octanol–water partition coefficient (Wildman–Crippen LogP) is 6.14. The van der Waals surface area contributed by atoms with Crippen molar-refractivity contribution in [3.63, 3.8) is 0 Å². The molecule has 2 aliphatic heterocycles. The maximum absolute atomic E-state index is 13.2. The molecule has 1 aromatic carbocycles. The summed E-state index contributed by atoms with van der Waals surface area (Å²) in [5.41, 5.74) is 0.910. The average molecular weight is 471 g/mol. The Balaban J connectivity index is 0.000000914. The van der Waals surface area contributed by atoms with Gasteiger partial charge >= 0.3 is 6.18 Å². The molecular formula is C26H41F3N2O2. The predicted molar refractivity (Wildman–Crippen MR) is 126 cm³/mol. The molecule has 1 aromatic rings. The molecule has 3 aliphatic rings. The van der Waals surface area contributed by atoms with Crippen molar-refractivity contribution >= 4 is 5.91 Å². The first-order valence-corrected chi connectivity index (χ1v) is 12.7. The lowest BCUT2D eigenvalue weighted by Crippen LogP contribution is -2.43. The van der Waals surface area contributed by atoms with Crippen molar-refractivity contribution in [2.45, 2.75) is 97.4 Å². The zero-order chi connectivity index (χ0) is 24.6. The van der Waals surface area contributed by atoms with Crippen LogP contribution in [0.3, 0.4) is 0 Å². The van der Waals surface area contributed by atoms with Crippen LogP contribution < -0.4 is 5.32 Å². The van der Waals surface area contributed by atoms with E-state index in [1.807, 2.05) is 34.6 Å². The number of hydrogen-bond donors (Lipinski definition) is 1. The summed E-state index contributed by atoms with van der Waals surface area (Å²) in [4.78, 5) is 15.0. The Morgan fingerprint density at radius 2 is 1.70 bits per heavy atom. The van der Waals surface area contributed by atoms with E-state index in [9.17, 15) is 18.0 Å². The maximum Gasteiger partial charge on any atom is 0.416 e. The minimum Gasteiger partial charge on any atom is -0.381 e. The van der Waals surface area contributed by atoms with E-state index in [0.29, 0.717) is 30.6 Å². The van der Waals surface area contributed by atoms with Gasteiger partial charge in [-0.2, -0.15) is 13.2 Å².